The van der Waals surface area contributed by atoms with Gasteiger partial charge in [0, 0.05) is 11.3 Å². The number of esters is 1. The third-order valence-electron chi connectivity index (χ3n) is 4.10. The molecule has 6 heteroatoms. The van der Waals surface area contributed by atoms with E-state index >= 15 is 0 Å². The zero-order valence-electron chi connectivity index (χ0n) is 15.6. The molecular weight excluding hydrogens is 344 g/mol. The van der Waals surface area contributed by atoms with Gasteiger partial charge in [-0.3, -0.25) is 0 Å². The fourth-order valence-electron chi connectivity index (χ4n) is 2.63. The van der Waals surface area contributed by atoms with E-state index in [1.54, 1.807) is 43.4 Å². The van der Waals surface area contributed by atoms with Crippen LogP contribution >= 0.6 is 0 Å². The van der Waals surface area contributed by atoms with Crippen molar-refractivity contribution >= 4 is 11.7 Å². The highest BCUT2D eigenvalue weighted by Crippen LogP contribution is 2.30. The number of anilines is 1. The van der Waals surface area contributed by atoms with E-state index in [9.17, 15) is 10.1 Å². The normalized spacial score (nSPS) is 11.0. The summed E-state index contributed by atoms with van der Waals surface area (Å²) in [5, 5.41) is 9.85. The number of carbonyl (C=O) groups excluding carboxylic acids is 1. The number of benzene rings is 2. The monoisotopic (exact) mass is 366 g/mol. The summed E-state index contributed by atoms with van der Waals surface area (Å²) in [5.41, 5.74) is 1.78. The summed E-state index contributed by atoms with van der Waals surface area (Å²) < 4.78 is 15.1. The van der Waals surface area contributed by atoms with Gasteiger partial charge in [0.2, 0.25) is 0 Å². The van der Waals surface area contributed by atoms with Crippen molar-refractivity contribution in [2.45, 2.75) is 6.04 Å². The fraction of sp³-hybridized carbons (Fsp3) is 0.238. The van der Waals surface area contributed by atoms with Crippen LogP contribution in [-0.4, -0.2) is 33.8 Å². The maximum atomic E-state index is 11.8. The van der Waals surface area contributed by atoms with Crippen LogP contribution in [0.5, 0.6) is 11.5 Å². The summed E-state index contributed by atoms with van der Waals surface area (Å²) in [5.74, 6) is 0.883. The molecule has 2 rings (SSSR count). The predicted octanol–water partition coefficient (Wildman–Crippen LogP) is 3.50. The molecule has 2 aromatic carbocycles. The molecule has 0 spiro atoms. The van der Waals surface area contributed by atoms with Crippen molar-refractivity contribution in [3.05, 3.63) is 66.2 Å². The SMILES string of the molecule is C=C(CN(c1ccc(OC)cc1)C(C#N)c1ccc(OC)cc1)C(=O)OC. The third kappa shape index (κ3) is 4.79. The molecule has 0 aliphatic carbocycles. The second kappa shape index (κ2) is 9.30. The summed E-state index contributed by atoms with van der Waals surface area (Å²) in [7, 11) is 4.47. The number of rotatable bonds is 8. The van der Waals surface area contributed by atoms with Crippen LogP contribution in [0.25, 0.3) is 0 Å². The van der Waals surface area contributed by atoms with E-state index < -0.39 is 12.0 Å². The Hall–Kier alpha value is -3.46. The molecule has 0 aromatic heterocycles. The summed E-state index contributed by atoms with van der Waals surface area (Å²) >= 11 is 0. The largest absolute Gasteiger partial charge is 0.497 e. The van der Waals surface area contributed by atoms with Crippen molar-refractivity contribution in [2.75, 3.05) is 32.8 Å². The Bertz CT molecular complexity index is 823. The van der Waals surface area contributed by atoms with Crippen LogP contribution in [0.4, 0.5) is 5.69 Å². The molecule has 0 N–H and O–H groups in total. The molecule has 0 fully saturated rings. The molecular formula is C21H22N2O4. The van der Waals surface area contributed by atoms with E-state index in [4.69, 9.17) is 14.2 Å². The molecule has 27 heavy (non-hydrogen) atoms. The Morgan fingerprint density at radius 3 is 2.00 bits per heavy atom. The van der Waals surface area contributed by atoms with E-state index in [-0.39, 0.29) is 12.1 Å². The molecule has 140 valence electrons. The van der Waals surface area contributed by atoms with E-state index in [1.165, 1.54) is 7.11 Å². The minimum absolute atomic E-state index is 0.142. The lowest BCUT2D eigenvalue weighted by atomic mass is 10.0. The first-order valence-electron chi connectivity index (χ1n) is 8.24. The molecule has 0 saturated heterocycles. The van der Waals surface area contributed by atoms with Crippen LogP contribution in [0, 0.1) is 11.3 Å². The first kappa shape index (κ1) is 19.9. The maximum absolute atomic E-state index is 11.8. The van der Waals surface area contributed by atoms with Gasteiger partial charge in [-0.1, -0.05) is 18.7 Å². The lowest BCUT2D eigenvalue weighted by Gasteiger charge is -2.30. The molecule has 0 saturated carbocycles. The van der Waals surface area contributed by atoms with E-state index in [0.29, 0.717) is 11.5 Å². The number of hydrogen-bond acceptors (Lipinski definition) is 6. The van der Waals surface area contributed by atoms with Gasteiger partial charge in [-0.15, -0.1) is 0 Å². The number of ether oxygens (including phenoxy) is 3. The minimum atomic E-state index is -0.634. The van der Waals surface area contributed by atoms with Crippen LogP contribution in [0.1, 0.15) is 11.6 Å². The average Bonchev–Trinajstić information content (AvgIpc) is 2.73. The summed E-state index contributed by atoms with van der Waals surface area (Å²) in [6.07, 6.45) is 0. The molecule has 2 aromatic rings. The van der Waals surface area contributed by atoms with Crippen LogP contribution in [0.2, 0.25) is 0 Å². The van der Waals surface area contributed by atoms with Gasteiger partial charge >= 0.3 is 5.97 Å². The van der Waals surface area contributed by atoms with Crippen LogP contribution in [-0.2, 0) is 9.53 Å². The zero-order valence-corrected chi connectivity index (χ0v) is 15.6. The summed E-state index contributed by atoms with van der Waals surface area (Å²) in [6, 6.07) is 16.2. The van der Waals surface area contributed by atoms with Gasteiger partial charge in [0.25, 0.3) is 0 Å². The smallest absolute Gasteiger partial charge is 0.334 e. The van der Waals surface area contributed by atoms with Gasteiger partial charge < -0.3 is 19.1 Å². The lowest BCUT2D eigenvalue weighted by Crippen LogP contribution is -2.31. The van der Waals surface area contributed by atoms with E-state index in [2.05, 4.69) is 12.6 Å². The summed E-state index contributed by atoms with van der Waals surface area (Å²) in [4.78, 5) is 13.6. The Kier molecular flexibility index (Phi) is 6.84. The maximum Gasteiger partial charge on any atom is 0.334 e. The van der Waals surface area contributed by atoms with Gasteiger partial charge in [0.15, 0.2) is 0 Å². The van der Waals surface area contributed by atoms with Gasteiger partial charge in [-0.05, 0) is 42.0 Å². The number of nitrogens with zero attached hydrogens (tertiary/aromatic N) is 2. The van der Waals surface area contributed by atoms with Gasteiger partial charge in [0.1, 0.15) is 17.5 Å². The van der Waals surface area contributed by atoms with Gasteiger partial charge in [-0.2, -0.15) is 5.26 Å². The van der Waals surface area contributed by atoms with Crippen molar-refractivity contribution < 1.29 is 19.0 Å². The fourth-order valence-corrected chi connectivity index (χ4v) is 2.63. The quantitative estimate of drug-likeness (QED) is 0.526. The zero-order chi connectivity index (χ0) is 19.8. The first-order chi connectivity index (χ1) is 13.0. The first-order valence-corrected chi connectivity index (χ1v) is 8.24. The third-order valence-corrected chi connectivity index (χ3v) is 4.10. The summed E-state index contributed by atoms with van der Waals surface area (Å²) in [6.45, 7) is 3.93. The van der Waals surface area contributed by atoms with Crippen molar-refractivity contribution in [1.82, 2.24) is 0 Å². The molecule has 0 aliphatic heterocycles. The van der Waals surface area contributed by atoms with Crippen LogP contribution in [0.15, 0.2) is 60.7 Å². The molecule has 0 amide bonds. The molecule has 1 unspecified atom stereocenters. The highest BCUT2D eigenvalue weighted by atomic mass is 16.5. The molecule has 0 aliphatic rings. The molecule has 6 nitrogen and oxygen atoms in total. The predicted molar refractivity (Wildman–Crippen MR) is 103 cm³/mol. The second-order valence-electron chi connectivity index (χ2n) is 5.73. The van der Waals surface area contributed by atoms with E-state index in [0.717, 1.165) is 11.3 Å². The number of hydrogen-bond donors (Lipinski definition) is 0. The van der Waals surface area contributed by atoms with Crippen molar-refractivity contribution in [2.24, 2.45) is 0 Å². The Balaban J connectivity index is 2.42. The average molecular weight is 366 g/mol. The minimum Gasteiger partial charge on any atom is -0.497 e. The Morgan fingerprint density at radius 2 is 1.56 bits per heavy atom. The lowest BCUT2D eigenvalue weighted by molar-refractivity contribution is -0.136. The Labute approximate surface area is 159 Å². The molecule has 1 atom stereocenters. The standard InChI is InChI=1S/C21H22N2O4/c1-15(21(24)27-4)14-23(17-7-11-19(26-3)12-8-17)20(13-22)16-5-9-18(25-2)10-6-16/h5-12,20H,1,14H2,2-4H3. The van der Waals surface area contributed by atoms with Gasteiger partial charge in [0.05, 0.1) is 33.9 Å². The van der Waals surface area contributed by atoms with Crippen LogP contribution in [0.3, 0.4) is 0 Å². The van der Waals surface area contributed by atoms with Crippen molar-refractivity contribution in [3.63, 3.8) is 0 Å². The van der Waals surface area contributed by atoms with E-state index in [1.807, 2.05) is 24.3 Å². The Morgan fingerprint density at radius 1 is 1.04 bits per heavy atom. The topological polar surface area (TPSA) is 71.8 Å². The number of methoxy groups -OCH3 is 3. The van der Waals surface area contributed by atoms with Crippen LogP contribution < -0.4 is 14.4 Å². The molecule has 0 radical (unpaired) electrons. The number of carbonyl (C=O) groups is 1. The molecule has 0 bridgehead atoms. The second-order valence-corrected chi connectivity index (χ2v) is 5.73. The highest BCUT2D eigenvalue weighted by molar-refractivity contribution is 5.88. The van der Waals surface area contributed by atoms with Crippen molar-refractivity contribution in [3.8, 4) is 17.6 Å². The van der Waals surface area contributed by atoms with Crippen molar-refractivity contribution in [1.29, 1.82) is 5.26 Å². The number of nitriles is 1. The highest BCUT2D eigenvalue weighted by Gasteiger charge is 2.23. The van der Waals surface area contributed by atoms with Gasteiger partial charge in [-0.25, -0.2) is 4.79 Å². The molecule has 0 heterocycles.